The van der Waals surface area contributed by atoms with Crippen molar-refractivity contribution in [2.75, 3.05) is 9.80 Å². The molecule has 19 aromatic rings. The van der Waals surface area contributed by atoms with Crippen LogP contribution in [0.15, 0.2) is 373 Å². The molecule has 0 aliphatic heterocycles. The molecule has 0 saturated carbocycles. The van der Waals surface area contributed by atoms with Gasteiger partial charge in [0.2, 0.25) is 0 Å². The molecule has 1 spiro atoms. The first-order chi connectivity index (χ1) is 51.8. The van der Waals surface area contributed by atoms with Crippen LogP contribution in [0.5, 0.6) is 0 Å². The second-order valence-corrected chi connectivity index (χ2v) is 33.5. The summed E-state index contributed by atoms with van der Waals surface area (Å²) in [5.41, 5.74) is 23.7. The summed E-state index contributed by atoms with van der Waals surface area (Å²) in [6.07, 6.45) is 0. The Morgan fingerprint density at radius 1 is 0.276 bits per heavy atom. The monoisotopic (exact) mass is 1370 g/mol. The van der Waals surface area contributed by atoms with E-state index in [0.717, 1.165) is 89.0 Å². The maximum Gasteiger partial charge on any atom is 0.145 e. The van der Waals surface area contributed by atoms with Crippen molar-refractivity contribution in [3.05, 3.63) is 386 Å². The maximum absolute atomic E-state index is 6.84. The molecule has 0 unspecified atom stereocenters. The van der Waals surface area contributed by atoms with Crippen molar-refractivity contribution in [3.63, 3.8) is 0 Å². The van der Waals surface area contributed by atoms with Crippen molar-refractivity contribution in [2.24, 2.45) is 0 Å². The van der Waals surface area contributed by atoms with E-state index < -0.39 is 13.5 Å². The second kappa shape index (κ2) is 23.9. The Balaban J connectivity index is 0.769. The smallest absolute Gasteiger partial charge is 0.145 e. The zero-order valence-electron chi connectivity index (χ0n) is 57.9. The molecule has 2 aliphatic rings. The van der Waals surface area contributed by atoms with Gasteiger partial charge in [0.15, 0.2) is 0 Å². The molecule has 0 N–H and O–H groups in total. The van der Waals surface area contributed by atoms with Crippen LogP contribution in [0.3, 0.4) is 0 Å². The van der Waals surface area contributed by atoms with E-state index in [1.807, 2.05) is 0 Å². The highest BCUT2D eigenvalue weighted by atomic mass is 28.3. The quantitative estimate of drug-likeness (QED) is 0.0901. The summed E-state index contributed by atoms with van der Waals surface area (Å²) < 4.78 is 13.6. The van der Waals surface area contributed by atoms with Crippen LogP contribution in [-0.4, -0.2) is 17.6 Å². The van der Waals surface area contributed by atoms with E-state index in [1.54, 1.807) is 0 Å². The van der Waals surface area contributed by atoms with Gasteiger partial charge in [-0.15, -0.1) is 0 Å². The minimum absolute atomic E-state index is 0.712. The first kappa shape index (κ1) is 60.9. The molecule has 0 fully saturated rings. The molecular weight excluding hydrogens is 1310 g/mol. The minimum Gasteiger partial charge on any atom is -0.456 e. The molecule has 2 aliphatic carbocycles. The third-order valence-electron chi connectivity index (χ3n) is 22.9. The fraction of sp³-hybridized carbons (Fsp3) is 0.0303. The highest BCUT2D eigenvalue weighted by molar-refractivity contribution is 7.10. The van der Waals surface area contributed by atoms with E-state index in [9.17, 15) is 0 Å². The number of benzene rings is 17. The molecule has 492 valence electrons. The van der Waals surface area contributed by atoms with E-state index in [2.05, 4.69) is 387 Å². The molecule has 2 heterocycles. The van der Waals surface area contributed by atoms with Crippen LogP contribution in [0.25, 0.3) is 121 Å². The molecular formula is C99H66N2O2Si2. The van der Waals surface area contributed by atoms with Crippen LogP contribution in [0.4, 0.5) is 34.1 Å². The molecule has 0 bridgehead atoms. The van der Waals surface area contributed by atoms with Crippen molar-refractivity contribution in [2.45, 2.75) is 18.5 Å². The van der Waals surface area contributed by atoms with Crippen molar-refractivity contribution >= 4 is 149 Å². The van der Waals surface area contributed by atoms with Gasteiger partial charge in [-0.25, -0.2) is 0 Å². The lowest BCUT2D eigenvalue weighted by Gasteiger charge is -2.34. The number of hydrogen-bond acceptors (Lipinski definition) is 4. The number of nitrogens with zero attached hydrogens (tertiary/aromatic N) is 2. The lowest BCUT2D eigenvalue weighted by Crippen LogP contribution is -2.64. The van der Waals surface area contributed by atoms with Gasteiger partial charge >= 0.3 is 0 Å². The van der Waals surface area contributed by atoms with E-state index in [1.165, 1.54) is 109 Å². The molecule has 17 aromatic carbocycles. The van der Waals surface area contributed by atoms with E-state index in [0.29, 0.717) is 9.52 Å². The van der Waals surface area contributed by atoms with Gasteiger partial charge in [-0.3, -0.25) is 0 Å². The molecule has 6 heteroatoms. The van der Waals surface area contributed by atoms with Crippen LogP contribution in [-0.2, 0) is 5.41 Å². The number of furan rings is 2. The van der Waals surface area contributed by atoms with Crippen molar-refractivity contribution in [1.82, 2.24) is 0 Å². The van der Waals surface area contributed by atoms with E-state index >= 15 is 0 Å². The Kier molecular flexibility index (Phi) is 13.8. The van der Waals surface area contributed by atoms with Gasteiger partial charge in [0.25, 0.3) is 0 Å². The largest absolute Gasteiger partial charge is 0.456 e. The van der Waals surface area contributed by atoms with Crippen molar-refractivity contribution < 1.29 is 8.83 Å². The minimum atomic E-state index is -2.40. The normalized spacial score (nSPS) is 12.8. The standard InChI is InChI=1S/C99H66N2O2Si2/c1-104-76-27-19-25-67(55-76)69-41-49-94-85(57-69)88-60-74(47-52-97(88)103-94)101(72-44-40-64-22-10-12-24-66(64)54-72)93-62-92-98(83-36-14-13-35-82(83)93)84-48-45-75(61-91(84)99(92)89-37-17-15-33-80(89)81-34-16-18-38-90(81)99)100(71-43-39-63-21-9-11-23-65(63)53-71)73-46-51-96-87(59-73)86-58-70(42-50-95(86)102-96)68-26-20-32-79(56-68)105(2,77-28-5-3-6-29-77)78-30-7-4-8-31-78/h3-62H,1-2H3. The summed E-state index contributed by atoms with van der Waals surface area (Å²) in [5.74, 6) is 0. The Morgan fingerprint density at radius 3 is 1.31 bits per heavy atom. The third kappa shape index (κ3) is 9.43. The van der Waals surface area contributed by atoms with Crippen molar-refractivity contribution in [1.29, 1.82) is 0 Å². The Morgan fingerprint density at radius 2 is 0.714 bits per heavy atom. The molecule has 21 rings (SSSR count). The number of fused-ring (bicyclic) bond motifs is 20. The molecule has 0 saturated heterocycles. The summed E-state index contributed by atoms with van der Waals surface area (Å²) in [4.78, 5) is 5.00. The average Bonchev–Trinajstić information content (AvgIpc) is 1.50. The zero-order valence-corrected chi connectivity index (χ0v) is 59.9. The van der Waals surface area contributed by atoms with Crippen LogP contribution in [0.2, 0.25) is 13.1 Å². The van der Waals surface area contributed by atoms with Crippen LogP contribution in [0, 0.1) is 0 Å². The van der Waals surface area contributed by atoms with Crippen LogP contribution in [0.1, 0.15) is 22.3 Å². The number of anilines is 6. The SMILES string of the molecule is C[Si]c1cccc(-c2ccc3oc4ccc(N(c5ccc6ccccc6c5)c5cc6c(c7ccccc57)-c5ccc(N(c7ccc8ccccc8c7)c7ccc8oc9ccc(-c%10cccc([Si](C)(c%11ccccc%11)c%11ccccc%11)c%10)cc9c8c7)cc5C65c6ccccc6-c6ccccc65)cc4c3c2)c1. The second-order valence-electron chi connectivity index (χ2n) is 28.4. The number of hydrogen-bond donors (Lipinski definition) is 0. The highest BCUT2D eigenvalue weighted by Gasteiger charge is 2.53. The van der Waals surface area contributed by atoms with Gasteiger partial charge in [-0.1, -0.05) is 279 Å². The van der Waals surface area contributed by atoms with Gasteiger partial charge in [0.1, 0.15) is 30.4 Å². The summed E-state index contributed by atoms with van der Waals surface area (Å²) in [6.45, 7) is 4.74. The molecule has 4 nitrogen and oxygen atoms in total. The highest BCUT2D eigenvalue weighted by Crippen LogP contribution is 2.66. The lowest BCUT2D eigenvalue weighted by atomic mass is 9.70. The summed E-state index contributed by atoms with van der Waals surface area (Å²) in [7, 11) is -1.69. The van der Waals surface area contributed by atoms with Gasteiger partial charge in [-0.2, -0.15) is 0 Å². The fourth-order valence-electron chi connectivity index (χ4n) is 17.9. The first-order valence-corrected chi connectivity index (χ1v) is 40.3. The molecule has 0 atom stereocenters. The fourth-order valence-corrected chi connectivity index (χ4v) is 22.0. The molecule has 105 heavy (non-hydrogen) atoms. The first-order valence-electron chi connectivity index (χ1n) is 36.3. The lowest BCUT2D eigenvalue weighted by molar-refractivity contribution is 0.668. The van der Waals surface area contributed by atoms with E-state index in [-0.39, 0.29) is 0 Å². The summed E-state index contributed by atoms with van der Waals surface area (Å²) in [5, 5.41) is 16.8. The molecule has 2 radical (unpaired) electrons. The predicted molar refractivity (Wildman–Crippen MR) is 445 cm³/mol. The van der Waals surface area contributed by atoms with Gasteiger partial charge in [-0.05, 0) is 212 Å². The number of rotatable bonds is 12. The van der Waals surface area contributed by atoms with Gasteiger partial charge in [0, 0.05) is 55.4 Å². The summed E-state index contributed by atoms with van der Waals surface area (Å²) >= 11 is 0. The van der Waals surface area contributed by atoms with E-state index in [4.69, 9.17) is 8.83 Å². The predicted octanol–water partition coefficient (Wildman–Crippen LogP) is 24.0. The van der Waals surface area contributed by atoms with Gasteiger partial charge < -0.3 is 18.6 Å². The zero-order chi connectivity index (χ0) is 69.5. The molecule has 0 amide bonds. The maximum atomic E-state index is 6.84. The average molecular weight is 1370 g/mol. The topological polar surface area (TPSA) is 32.8 Å². The van der Waals surface area contributed by atoms with Crippen LogP contribution >= 0.6 is 0 Å². The summed E-state index contributed by atoms with van der Waals surface area (Å²) in [6, 6.07) is 136. The molecule has 2 aromatic heterocycles. The third-order valence-corrected chi connectivity index (χ3v) is 28.2. The Labute approximate surface area is 612 Å². The van der Waals surface area contributed by atoms with Crippen LogP contribution < -0.4 is 30.5 Å². The Bertz CT molecular complexity index is 6680. The Hall–Kier alpha value is -12.8. The van der Waals surface area contributed by atoms with Crippen molar-refractivity contribution in [3.8, 4) is 44.5 Å². The van der Waals surface area contributed by atoms with Gasteiger partial charge in [0.05, 0.1) is 20.6 Å².